The van der Waals surface area contributed by atoms with Gasteiger partial charge in [-0.3, -0.25) is 10.1 Å². The number of hydrogen-bond donors (Lipinski definition) is 2. The van der Waals surface area contributed by atoms with Crippen LogP contribution in [0.1, 0.15) is 19.8 Å². The molecule has 19 heavy (non-hydrogen) atoms. The van der Waals surface area contributed by atoms with Crippen molar-refractivity contribution in [2.75, 3.05) is 12.3 Å². The van der Waals surface area contributed by atoms with Gasteiger partial charge in [-0.1, -0.05) is 13.3 Å². The van der Waals surface area contributed by atoms with Gasteiger partial charge in [0.2, 0.25) is 10.0 Å². The van der Waals surface area contributed by atoms with Crippen molar-refractivity contribution in [1.82, 2.24) is 4.72 Å². The summed E-state index contributed by atoms with van der Waals surface area (Å²) in [7, 11) is -4.11. The molecule has 0 atom stereocenters. The number of nitrogens with zero attached hydrogens (tertiary/aromatic N) is 1. The normalized spacial score (nSPS) is 11.5. The number of halogens is 1. The second kappa shape index (κ2) is 5.93. The van der Waals surface area contributed by atoms with E-state index >= 15 is 0 Å². The highest BCUT2D eigenvalue weighted by Gasteiger charge is 2.25. The molecule has 0 unspecified atom stereocenters. The third kappa shape index (κ3) is 3.61. The van der Waals surface area contributed by atoms with Gasteiger partial charge in [-0.05, 0) is 6.42 Å². The van der Waals surface area contributed by atoms with Gasteiger partial charge in [0.15, 0.2) is 5.82 Å². The molecule has 0 saturated carbocycles. The summed E-state index contributed by atoms with van der Waals surface area (Å²) < 4.78 is 39.5. The molecule has 7 nitrogen and oxygen atoms in total. The quantitative estimate of drug-likeness (QED) is 0.355. The lowest BCUT2D eigenvalue weighted by atomic mass is 10.3. The molecule has 0 saturated heterocycles. The molecule has 0 amide bonds. The fraction of sp³-hybridized carbons (Fsp3) is 0.400. The Balaban J connectivity index is 3.17. The van der Waals surface area contributed by atoms with Gasteiger partial charge in [0.25, 0.3) is 5.69 Å². The van der Waals surface area contributed by atoms with Gasteiger partial charge in [-0.25, -0.2) is 17.5 Å². The first-order valence-electron chi connectivity index (χ1n) is 5.52. The molecule has 0 radical (unpaired) electrons. The summed E-state index contributed by atoms with van der Waals surface area (Å²) in [5.74, 6) is -1.24. The minimum absolute atomic E-state index is 0.148. The summed E-state index contributed by atoms with van der Waals surface area (Å²) in [6.07, 6.45) is 1.36. The first-order valence-corrected chi connectivity index (χ1v) is 7.01. The van der Waals surface area contributed by atoms with E-state index in [1.54, 1.807) is 0 Å². The Hall–Kier alpha value is -1.74. The first kappa shape index (κ1) is 15.3. The standard InChI is InChI=1S/C10H14FN3O4S/c1-2-3-4-13-19(17,18)10-8(11)5-7(14(15)16)6-9(10)12/h5-6,13H,2-4,12H2,1H3. The lowest BCUT2D eigenvalue weighted by molar-refractivity contribution is -0.385. The van der Waals surface area contributed by atoms with Crippen molar-refractivity contribution in [2.24, 2.45) is 0 Å². The topological polar surface area (TPSA) is 115 Å². The van der Waals surface area contributed by atoms with Crippen molar-refractivity contribution in [3.05, 3.63) is 28.1 Å². The van der Waals surface area contributed by atoms with Crippen LogP contribution in [0.3, 0.4) is 0 Å². The molecule has 3 N–H and O–H groups in total. The van der Waals surface area contributed by atoms with Gasteiger partial charge in [-0.2, -0.15) is 0 Å². The lowest BCUT2D eigenvalue weighted by Crippen LogP contribution is -2.26. The van der Waals surface area contributed by atoms with E-state index in [9.17, 15) is 22.9 Å². The number of benzene rings is 1. The van der Waals surface area contributed by atoms with E-state index in [-0.39, 0.29) is 6.54 Å². The zero-order chi connectivity index (χ0) is 14.6. The maximum absolute atomic E-state index is 13.7. The van der Waals surface area contributed by atoms with Crippen LogP contribution >= 0.6 is 0 Å². The van der Waals surface area contributed by atoms with Crippen LogP contribution in [0.4, 0.5) is 15.8 Å². The van der Waals surface area contributed by atoms with E-state index in [1.807, 2.05) is 6.92 Å². The van der Waals surface area contributed by atoms with Crippen LogP contribution in [-0.4, -0.2) is 19.9 Å². The number of nitrogen functional groups attached to an aromatic ring is 1. The van der Waals surface area contributed by atoms with Crippen molar-refractivity contribution in [3.8, 4) is 0 Å². The molecule has 0 fully saturated rings. The number of non-ortho nitro benzene ring substituents is 1. The molecule has 106 valence electrons. The van der Waals surface area contributed by atoms with E-state index in [0.717, 1.165) is 12.5 Å². The Morgan fingerprint density at radius 2 is 2.11 bits per heavy atom. The highest BCUT2D eigenvalue weighted by atomic mass is 32.2. The van der Waals surface area contributed by atoms with Crippen LogP contribution in [0.5, 0.6) is 0 Å². The summed E-state index contributed by atoms with van der Waals surface area (Å²) in [6.45, 7) is 2.02. The number of hydrogen-bond acceptors (Lipinski definition) is 5. The number of nitro benzene ring substituents is 1. The number of anilines is 1. The molecule has 0 spiro atoms. The van der Waals surface area contributed by atoms with Gasteiger partial charge < -0.3 is 5.73 Å². The Bertz CT molecular complexity index is 565. The SMILES string of the molecule is CCCCNS(=O)(=O)c1c(N)cc([N+](=O)[O-])cc1F. The summed E-state index contributed by atoms with van der Waals surface area (Å²) in [6, 6.07) is 1.35. The summed E-state index contributed by atoms with van der Waals surface area (Å²) in [5, 5.41) is 10.5. The van der Waals surface area contributed by atoms with E-state index in [0.29, 0.717) is 12.5 Å². The van der Waals surface area contributed by atoms with Gasteiger partial charge in [0.1, 0.15) is 4.90 Å². The van der Waals surface area contributed by atoms with E-state index in [2.05, 4.69) is 4.72 Å². The van der Waals surface area contributed by atoms with Crippen molar-refractivity contribution in [3.63, 3.8) is 0 Å². The van der Waals surface area contributed by atoms with Crippen molar-refractivity contribution < 1.29 is 17.7 Å². The van der Waals surface area contributed by atoms with Gasteiger partial charge in [-0.15, -0.1) is 0 Å². The molecule has 9 heteroatoms. The molecule has 0 heterocycles. The molecule has 0 aliphatic heterocycles. The zero-order valence-corrected chi connectivity index (χ0v) is 11.0. The largest absolute Gasteiger partial charge is 0.397 e. The molecule has 1 aromatic carbocycles. The number of unbranched alkanes of at least 4 members (excludes halogenated alkanes) is 1. The fourth-order valence-corrected chi connectivity index (χ4v) is 2.69. The van der Waals surface area contributed by atoms with Crippen LogP contribution in [0.2, 0.25) is 0 Å². The van der Waals surface area contributed by atoms with Crippen molar-refractivity contribution in [2.45, 2.75) is 24.7 Å². The molecule has 0 aromatic heterocycles. The average molecular weight is 291 g/mol. The molecule has 1 aromatic rings. The van der Waals surface area contributed by atoms with E-state index in [1.165, 1.54) is 0 Å². The predicted molar refractivity (Wildman–Crippen MR) is 67.6 cm³/mol. The van der Waals surface area contributed by atoms with Crippen LogP contribution < -0.4 is 10.5 Å². The number of nitrogens with one attached hydrogen (secondary N) is 1. The second-order valence-electron chi connectivity index (χ2n) is 3.85. The number of rotatable bonds is 6. The maximum Gasteiger partial charge on any atom is 0.274 e. The number of nitro groups is 1. The Labute approximate surface area is 109 Å². The van der Waals surface area contributed by atoms with Crippen LogP contribution in [0.15, 0.2) is 17.0 Å². The maximum atomic E-state index is 13.7. The fourth-order valence-electron chi connectivity index (χ4n) is 1.44. The monoisotopic (exact) mass is 291 g/mol. The molecule has 1 rings (SSSR count). The van der Waals surface area contributed by atoms with Crippen LogP contribution in [-0.2, 0) is 10.0 Å². The predicted octanol–water partition coefficient (Wildman–Crippen LogP) is 1.39. The molecule has 0 aliphatic carbocycles. The van der Waals surface area contributed by atoms with Crippen molar-refractivity contribution >= 4 is 21.4 Å². The van der Waals surface area contributed by atoms with Crippen molar-refractivity contribution in [1.29, 1.82) is 0 Å². The number of sulfonamides is 1. The number of nitrogens with two attached hydrogens (primary N) is 1. The summed E-state index contributed by atoms with van der Waals surface area (Å²) in [4.78, 5) is 8.89. The third-order valence-electron chi connectivity index (χ3n) is 2.36. The highest BCUT2D eigenvalue weighted by Crippen LogP contribution is 2.27. The van der Waals surface area contributed by atoms with E-state index in [4.69, 9.17) is 5.73 Å². The molecular formula is C10H14FN3O4S. The molecule has 0 bridgehead atoms. The Kier molecular flexibility index (Phi) is 4.78. The first-order chi connectivity index (χ1) is 8.79. The smallest absolute Gasteiger partial charge is 0.274 e. The van der Waals surface area contributed by atoms with E-state index < -0.39 is 37.0 Å². The van der Waals surface area contributed by atoms with Crippen LogP contribution in [0.25, 0.3) is 0 Å². The van der Waals surface area contributed by atoms with Gasteiger partial charge in [0, 0.05) is 12.6 Å². The lowest BCUT2D eigenvalue weighted by Gasteiger charge is -2.09. The Morgan fingerprint density at radius 3 is 2.58 bits per heavy atom. The average Bonchev–Trinajstić information content (AvgIpc) is 2.27. The van der Waals surface area contributed by atoms with Gasteiger partial charge in [0.05, 0.1) is 16.7 Å². The molecular weight excluding hydrogens is 277 g/mol. The zero-order valence-electron chi connectivity index (χ0n) is 10.2. The van der Waals surface area contributed by atoms with Crippen LogP contribution in [0, 0.1) is 15.9 Å². The minimum Gasteiger partial charge on any atom is -0.397 e. The third-order valence-corrected chi connectivity index (χ3v) is 3.91. The van der Waals surface area contributed by atoms with Gasteiger partial charge >= 0.3 is 0 Å². The highest BCUT2D eigenvalue weighted by molar-refractivity contribution is 7.89. The molecule has 0 aliphatic rings. The second-order valence-corrected chi connectivity index (χ2v) is 5.56. The summed E-state index contributed by atoms with van der Waals surface area (Å²) >= 11 is 0. The minimum atomic E-state index is -4.11. The summed E-state index contributed by atoms with van der Waals surface area (Å²) in [5.41, 5.74) is 4.30. The Morgan fingerprint density at radius 1 is 1.47 bits per heavy atom.